The van der Waals surface area contributed by atoms with Gasteiger partial charge in [-0.3, -0.25) is 9.78 Å². The third-order valence-corrected chi connectivity index (χ3v) is 3.85. The van der Waals surface area contributed by atoms with Crippen LogP contribution in [0.3, 0.4) is 0 Å². The van der Waals surface area contributed by atoms with Gasteiger partial charge in [-0.2, -0.15) is 0 Å². The lowest BCUT2D eigenvalue weighted by atomic mass is 10.1. The molecule has 132 valence electrons. The first-order valence-electron chi connectivity index (χ1n) is 8.33. The molecule has 6 heteroatoms. The van der Waals surface area contributed by atoms with Gasteiger partial charge in [-0.1, -0.05) is 12.1 Å². The third-order valence-electron chi connectivity index (χ3n) is 3.85. The van der Waals surface area contributed by atoms with Crippen LogP contribution in [0.25, 0.3) is 0 Å². The van der Waals surface area contributed by atoms with Crippen molar-refractivity contribution in [3.8, 4) is 0 Å². The Hall–Kier alpha value is -3.28. The van der Waals surface area contributed by atoms with E-state index >= 15 is 0 Å². The number of nitrogens with zero attached hydrogens (tertiary/aromatic N) is 2. The number of hydrogen-bond acceptors (Lipinski definition) is 4. The Morgan fingerprint density at radius 1 is 1.00 bits per heavy atom. The van der Waals surface area contributed by atoms with Gasteiger partial charge in [0, 0.05) is 31.7 Å². The summed E-state index contributed by atoms with van der Waals surface area (Å²) in [6.45, 7) is 0.962. The Labute approximate surface area is 151 Å². The minimum Gasteiger partial charge on any atom is -0.365 e. The summed E-state index contributed by atoms with van der Waals surface area (Å²) < 4.78 is 13.2. The fraction of sp³-hybridized carbons (Fsp3) is 0.150. The average Bonchev–Trinajstić information content (AvgIpc) is 2.67. The molecule has 0 saturated carbocycles. The molecule has 1 amide bonds. The van der Waals surface area contributed by atoms with Gasteiger partial charge >= 0.3 is 0 Å². The van der Waals surface area contributed by atoms with Crippen LogP contribution < -0.4 is 10.6 Å². The second-order valence-electron chi connectivity index (χ2n) is 5.74. The van der Waals surface area contributed by atoms with E-state index < -0.39 is 0 Å². The van der Waals surface area contributed by atoms with E-state index in [1.54, 1.807) is 36.8 Å². The fourth-order valence-electron chi connectivity index (χ4n) is 2.52. The monoisotopic (exact) mass is 350 g/mol. The lowest BCUT2D eigenvalue weighted by molar-refractivity contribution is 0.0954. The predicted molar refractivity (Wildman–Crippen MR) is 98.2 cm³/mol. The molecule has 0 radical (unpaired) electrons. The number of nitrogens with one attached hydrogen (secondary N) is 2. The molecule has 0 fully saturated rings. The largest absolute Gasteiger partial charge is 0.365 e. The Morgan fingerprint density at radius 2 is 1.85 bits per heavy atom. The molecule has 1 aromatic carbocycles. The average molecular weight is 350 g/mol. The summed E-state index contributed by atoms with van der Waals surface area (Å²) in [5, 5.41) is 6.03. The summed E-state index contributed by atoms with van der Waals surface area (Å²) >= 11 is 0. The number of anilines is 1. The van der Waals surface area contributed by atoms with Gasteiger partial charge in [-0.05, 0) is 53.9 Å². The second-order valence-corrected chi connectivity index (χ2v) is 5.74. The lowest BCUT2D eigenvalue weighted by Crippen LogP contribution is -2.26. The number of carbonyl (C=O) groups is 1. The lowest BCUT2D eigenvalue weighted by Gasteiger charge is -2.11. The normalized spacial score (nSPS) is 10.3. The zero-order valence-corrected chi connectivity index (χ0v) is 14.2. The first-order valence-corrected chi connectivity index (χ1v) is 8.33. The molecule has 2 heterocycles. The highest BCUT2D eigenvalue weighted by Gasteiger charge is 2.11. The van der Waals surface area contributed by atoms with Crippen molar-refractivity contribution in [3.05, 3.63) is 89.6 Å². The van der Waals surface area contributed by atoms with Crippen molar-refractivity contribution < 1.29 is 9.18 Å². The van der Waals surface area contributed by atoms with E-state index in [0.717, 1.165) is 11.1 Å². The number of carbonyl (C=O) groups excluding carboxylic acids is 1. The zero-order valence-electron chi connectivity index (χ0n) is 14.2. The van der Waals surface area contributed by atoms with Crippen molar-refractivity contribution >= 4 is 11.7 Å². The van der Waals surface area contributed by atoms with Crippen molar-refractivity contribution in [3.63, 3.8) is 0 Å². The highest BCUT2D eigenvalue weighted by Crippen LogP contribution is 2.13. The molecule has 0 aliphatic rings. The van der Waals surface area contributed by atoms with Crippen LogP contribution in [0.15, 0.2) is 67.1 Å². The van der Waals surface area contributed by atoms with Crippen LogP contribution in [0, 0.1) is 5.82 Å². The molecule has 0 atom stereocenters. The van der Waals surface area contributed by atoms with Gasteiger partial charge in [0.25, 0.3) is 5.91 Å². The third kappa shape index (κ3) is 4.86. The molecule has 3 rings (SSSR count). The first kappa shape index (κ1) is 17.5. The summed E-state index contributed by atoms with van der Waals surface area (Å²) in [4.78, 5) is 20.7. The molecule has 0 unspecified atom stereocenters. The van der Waals surface area contributed by atoms with E-state index in [1.165, 1.54) is 12.1 Å². The van der Waals surface area contributed by atoms with Crippen molar-refractivity contribution in [1.82, 2.24) is 15.3 Å². The number of pyridine rings is 2. The summed E-state index contributed by atoms with van der Waals surface area (Å²) in [6.07, 6.45) is 5.63. The second kappa shape index (κ2) is 8.71. The summed E-state index contributed by atoms with van der Waals surface area (Å²) in [7, 11) is 0. The van der Waals surface area contributed by atoms with Crippen LogP contribution in [0.4, 0.5) is 10.2 Å². The van der Waals surface area contributed by atoms with E-state index in [-0.39, 0.29) is 11.7 Å². The molecule has 0 bridgehead atoms. The summed E-state index contributed by atoms with van der Waals surface area (Å²) in [5.41, 5.74) is 2.36. The first-order chi connectivity index (χ1) is 12.7. The van der Waals surface area contributed by atoms with E-state index in [0.29, 0.717) is 30.9 Å². The van der Waals surface area contributed by atoms with E-state index in [1.807, 2.05) is 18.2 Å². The molecule has 3 aromatic rings. The summed E-state index contributed by atoms with van der Waals surface area (Å²) in [5.74, 6) is 0.0305. The van der Waals surface area contributed by atoms with Gasteiger partial charge in [0.2, 0.25) is 0 Å². The van der Waals surface area contributed by atoms with Gasteiger partial charge in [-0.25, -0.2) is 9.37 Å². The standard InChI is InChI=1S/C20H19FN4O/c21-17-4-1-3-15(13-17)8-12-24-20(26)18-5-2-9-23-19(18)25-14-16-6-10-22-11-7-16/h1-7,9-11,13H,8,12,14H2,(H,23,25)(H,24,26). The van der Waals surface area contributed by atoms with Crippen molar-refractivity contribution in [2.45, 2.75) is 13.0 Å². The number of aromatic nitrogens is 2. The molecule has 0 spiro atoms. The maximum absolute atomic E-state index is 13.2. The molecule has 5 nitrogen and oxygen atoms in total. The number of amides is 1. The molecular weight excluding hydrogens is 331 g/mol. The predicted octanol–water partition coefficient (Wildman–Crippen LogP) is 3.20. The minimum atomic E-state index is -0.274. The van der Waals surface area contributed by atoms with Crippen LogP contribution in [0.2, 0.25) is 0 Å². The van der Waals surface area contributed by atoms with Gasteiger partial charge in [-0.15, -0.1) is 0 Å². The Morgan fingerprint density at radius 3 is 2.65 bits per heavy atom. The number of rotatable bonds is 7. The van der Waals surface area contributed by atoms with Crippen LogP contribution in [-0.4, -0.2) is 22.4 Å². The Balaban J connectivity index is 1.58. The maximum Gasteiger partial charge on any atom is 0.255 e. The van der Waals surface area contributed by atoms with Crippen LogP contribution >= 0.6 is 0 Å². The summed E-state index contributed by atoms with van der Waals surface area (Å²) in [6, 6.07) is 13.6. The molecular formula is C20H19FN4O. The zero-order chi connectivity index (χ0) is 18.2. The van der Waals surface area contributed by atoms with Crippen LogP contribution in [-0.2, 0) is 13.0 Å². The fourth-order valence-corrected chi connectivity index (χ4v) is 2.52. The molecule has 2 aromatic heterocycles. The van der Waals surface area contributed by atoms with Gasteiger partial charge in [0.05, 0.1) is 5.56 Å². The number of hydrogen-bond donors (Lipinski definition) is 2. The molecule has 0 aliphatic heterocycles. The van der Waals surface area contributed by atoms with Gasteiger partial charge in [0.15, 0.2) is 0 Å². The minimum absolute atomic E-state index is 0.216. The van der Waals surface area contributed by atoms with E-state index in [9.17, 15) is 9.18 Å². The Bertz CT molecular complexity index is 870. The van der Waals surface area contributed by atoms with Crippen LogP contribution in [0.5, 0.6) is 0 Å². The number of benzene rings is 1. The van der Waals surface area contributed by atoms with Gasteiger partial charge in [0.1, 0.15) is 11.6 Å². The van der Waals surface area contributed by atoms with Gasteiger partial charge < -0.3 is 10.6 Å². The van der Waals surface area contributed by atoms with Crippen LogP contribution in [0.1, 0.15) is 21.5 Å². The Kier molecular flexibility index (Phi) is 5.88. The van der Waals surface area contributed by atoms with Crippen molar-refractivity contribution in [2.24, 2.45) is 0 Å². The highest BCUT2D eigenvalue weighted by atomic mass is 19.1. The number of halogens is 1. The van der Waals surface area contributed by atoms with Crippen molar-refractivity contribution in [2.75, 3.05) is 11.9 Å². The highest BCUT2D eigenvalue weighted by molar-refractivity contribution is 5.98. The smallest absolute Gasteiger partial charge is 0.255 e. The van der Waals surface area contributed by atoms with Crippen molar-refractivity contribution in [1.29, 1.82) is 0 Å². The van der Waals surface area contributed by atoms with E-state index in [2.05, 4.69) is 20.6 Å². The molecule has 26 heavy (non-hydrogen) atoms. The molecule has 0 aliphatic carbocycles. The molecule has 0 saturated heterocycles. The SMILES string of the molecule is O=C(NCCc1cccc(F)c1)c1cccnc1NCc1ccncc1. The van der Waals surface area contributed by atoms with E-state index in [4.69, 9.17) is 0 Å². The topological polar surface area (TPSA) is 66.9 Å². The maximum atomic E-state index is 13.2. The quantitative estimate of drug-likeness (QED) is 0.687. The molecule has 2 N–H and O–H groups in total.